The summed E-state index contributed by atoms with van der Waals surface area (Å²) in [7, 11) is -3.69. The maximum Gasteiger partial charge on any atom is 0.264 e. The summed E-state index contributed by atoms with van der Waals surface area (Å²) in [4.78, 5) is 0. The molecule has 1 fully saturated rings. The molecule has 0 unspecified atom stereocenters. The molecule has 2 rings (SSSR count). The zero-order valence-electron chi connectivity index (χ0n) is 11.6. The molecular formula is C14H18O6S. The van der Waals surface area contributed by atoms with Gasteiger partial charge in [0, 0.05) is 5.56 Å². The first-order valence-corrected chi connectivity index (χ1v) is 8.23. The molecule has 4 atom stereocenters. The van der Waals surface area contributed by atoms with Crippen molar-refractivity contribution in [2.24, 2.45) is 0 Å². The Morgan fingerprint density at radius 1 is 1.43 bits per heavy atom. The van der Waals surface area contributed by atoms with E-state index in [0.29, 0.717) is 0 Å². The molecule has 0 saturated carbocycles. The first-order valence-electron chi connectivity index (χ1n) is 6.41. The standard InChI is InChI=1S/C14H18O6S/c1-3-11(15)13-12(20-21(2,16)17)9-18-14(19-13)10-7-5-4-6-8-10/h3-8,11-15H,1,9H2,2H3/t11-,12-,13-,14+/m1/s1. The van der Waals surface area contributed by atoms with Gasteiger partial charge < -0.3 is 14.6 Å². The highest BCUT2D eigenvalue weighted by molar-refractivity contribution is 7.86. The molecule has 1 aliphatic rings. The number of hydrogen-bond acceptors (Lipinski definition) is 6. The number of rotatable bonds is 5. The Labute approximate surface area is 124 Å². The number of ether oxygens (including phenoxy) is 2. The first kappa shape index (κ1) is 16.1. The van der Waals surface area contributed by atoms with E-state index in [4.69, 9.17) is 13.7 Å². The Kier molecular flexibility index (Phi) is 5.13. The molecule has 0 spiro atoms. The highest BCUT2D eigenvalue weighted by Gasteiger charge is 2.38. The molecule has 0 aliphatic carbocycles. The molecule has 1 heterocycles. The average molecular weight is 314 g/mol. The normalized spacial score (nSPS) is 28.0. The Morgan fingerprint density at radius 3 is 2.67 bits per heavy atom. The molecular weight excluding hydrogens is 296 g/mol. The van der Waals surface area contributed by atoms with Crippen molar-refractivity contribution in [1.29, 1.82) is 0 Å². The lowest BCUT2D eigenvalue weighted by atomic mass is 10.1. The van der Waals surface area contributed by atoms with Gasteiger partial charge in [-0.3, -0.25) is 4.18 Å². The smallest absolute Gasteiger partial charge is 0.264 e. The SMILES string of the molecule is C=C[C@@H](O)[C@H]1O[C@@H](c2ccccc2)OC[C@H]1OS(C)(=O)=O. The fourth-order valence-corrected chi connectivity index (χ4v) is 2.69. The molecule has 0 amide bonds. The lowest BCUT2D eigenvalue weighted by Crippen LogP contribution is -2.48. The van der Waals surface area contributed by atoms with E-state index in [1.807, 2.05) is 30.3 Å². The van der Waals surface area contributed by atoms with E-state index in [2.05, 4.69) is 6.58 Å². The minimum absolute atomic E-state index is 0.0117. The highest BCUT2D eigenvalue weighted by Crippen LogP contribution is 2.29. The Bertz CT molecular complexity index is 570. The topological polar surface area (TPSA) is 82.1 Å². The Balaban J connectivity index is 2.16. The zero-order valence-corrected chi connectivity index (χ0v) is 12.4. The quantitative estimate of drug-likeness (QED) is 0.645. The van der Waals surface area contributed by atoms with Gasteiger partial charge in [-0.15, -0.1) is 6.58 Å². The molecule has 21 heavy (non-hydrogen) atoms. The van der Waals surface area contributed by atoms with Crippen molar-refractivity contribution in [3.05, 3.63) is 48.6 Å². The third-order valence-electron chi connectivity index (χ3n) is 3.01. The van der Waals surface area contributed by atoms with Crippen LogP contribution in [0.25, 0.3) is 0 Å². The molecule has 0 aromatic heterocycles. The number of benzene rings is 1. The second-order valence-corrected chi connectivity index (χ2v) is 6.34. The van der Waals surface area contributed by atoms with Crippen LogP contribution in [0.5, 0.6) is 0 Å². The van der Waals surface area contributed by atoms with Crippen molar-refractivity contribution in [3.63, 3.8) is 0 Å². The summed E-state index contributed by atoms with van der Waals surface area (Å²) >= 11 is 0. The summed E-state index contributed by atoms with van der Waals surface area (Å²) in [6, 6.07) is 9.16. The number of aliphatic hydroxyl groups excluding tert-OH is 1. The highest BCUT2D eigenvalue weighted by atomic mass is 32.2. The summed E-state index contributed by atoms with van der Waals surface area (Å²) < 4.78 is 38.6. The van der Waals surface area contributed by atoms with Gasteiger partial charge in [0.25, 0.3) is 10.1 Å². The minimum Gasteiger partial charge on any atom is -0.386 e. The molecule has 7 heteroatoms. The van der Waals surface area contributed by atoms with Crippen LogP contribution in [0, 0.1) is 0 Å². The van der Waals surface area contributed by atoms with Crippen LogP contribution in [0.1, 0.15) is 11.9 Å². The first-order chi connectivity index (χ1) is 9.90. The van der Waals surface area contributed by atoms with Gasteiger partial charge in [-0.05, 0) is 0 Å². The van der Waals surface area contributed by atoms with Crippen molar-refractivity contribution in [2.45, 2.75) is 24.6 Å². The van der Waals surface area contributed by atoms with E-state index in [0.717, 1.165) is 11.8 Å². The molecule has 1 aliphatic heterocycles. The van der Waals surface area contributed by atoms with Gasteiger partial charge in [-0.25, -0.2) is 0 Å². The predicted molar refractivity (Wildman–Crippen MR) is 75.9 cm³/mol. The Hall–Kier alpha value is -1.25. The predicted octanol–water partition coefficient (Wildman–Crippen LogP) is 0.992. The largest absolute Gasteiger partial charge is 0.386 e. The summed E-state index contributed by atoms with van der Waals surface area (Å²) in [5.74, 6) is 0. The molecule has 116 valence electrons. The molecule has 1 aromatic rings. The maximum absolute atomic E-state index is 11.3. The summed E-state index contributed by atoms with van der Waals surface area (Å²) in [6.07, 6.45) is -1.34. The summed E-state index contributed by atoms with van der Waals surface area (Å²) in [6.45, 7) is 3.48. The monoisotopic (exact) mass is 314 g/mol. The maximum atomic E-state index is 11.3. The number of hydrogen-bond donors (Lipinski definition) is 1. The average Bonchev–Trinajstić information content (AvgIpc) is 2.46. The number of aliphatic hydroxyl groups is 1. The van der Waals surface area contributed by atoms with E-state index < -0.39 is 34.7 Å². The van der Waals surface area contributed by atoms with E-state index in [1.165, 1.54) is 6.08 Å². The second kappa shape index (κ2) is 6.67. The van der Waals surface area contributed by atoms with Crippen LogP contribution in [-0.2, 0) is 23.8 Å². The van der Waals surface area contributed by atoms with E-state index in [1.54, 1.807) is 0 Å². The van der Waals surface area contributed by atoms with Crippen LogP contribution in [0.4, 0.5) is 0 Å². The molecule has 0 bridgehead atoms. The van der Waals surface area contributed by atoms with Gasteiger partial charge in [-0.1, -0.05) is 36.4 Å². The van der Waals surface area contributed by atoms with Crippen molar-refractivity contribution < 1.29 is 27.2 Å². The summed E-state index contributed by atoms with van der Waals surface area (Å²) in [5.41, 5.74) is 0.775. The van der Waals surface area contributed by atoms with Gasteiger partial charge in [0.15, 0.2) is 6.29 Å². The van der Waals surface area contributed by atoms with Gasteiger partial charge in [-0.2, -0.15) is 8.42 Å². The van der Waals surface area contributed by atoms with Gasteiger partial charge >= 0.3 is 0 Å². The van der Waals surface area contributed by atoms with Gasteiger partial charge in [0.1, 0.15) is 18.3 Å². The lowest BCUT2D eigenvalue weighted by molar-refractivity contribution is -0.265. The van der Waals surface area contributed by atoms with Crippen LogP contribution >= 0.6 is 0 Å². The second-order valence-electron chi connectivity index (χ2n) is 4.74. The van der Waals surface area contributed by atoms with Crippen molar-refractivity contribution in [3.8, 4) is 0 Å². The Morgan fingerprint density at radius 2 is 2.10 bits per heavy atom. The van der Waals surface area contributed by atoms with E-state index in [-0.39, 0.29) is 6.61 Å². The minimum atomic E-state index is -3.69. The fourth-order valence-electron chi connectivity index (χ4n) is 2.07. The van der Waals surface area contributed by atoms with Crippen LogP contribution in [0.2, 0.25) is 0 Å². The third-order valence-corrected chi connectivity index (χ3v) is 3.60. The summed E-state index contributed by atoms with van der Waals surface area (Å²) in [5, 5.41) is 9.94. The molecule has 6 nitrogen and oxygen atoms in total. The van der Waals surface area contributed by atoms with Crippen LogP contribution in [0.15, 0.2) is 43.0 Å². The van der Waals surface area contributed by atoms with Gasteiger partial charge in [0.05, 0.1) is 12.9 Å². The molecule has 0 radical (unpaired) electrons. The fraction of sp³-hybridized carbons (Fsp3) is 0.429. The molecule has 1 N–H and O–H groups in total. The van der Waals surface area contributed by atoms with Crippen molar-refractivity contribution >= 4 is 10.1 Å². The zero-order chi connectivity index (χ0) is 15.5. The third kappa shape index (κ3) is 4.36. The van der Waals surface area contributed by atoms with Crippen LogP contribution in [-0.4, -0.2) is 44.7 Å². The molecule has 1 aromatic carbocycles. The lowest BCUT2D eigenvalue weighted by Gasteiger charge is -2.37. The van der Waals surface area contributed by atoms with Crippen molar-refractivity contribution in [1.82, 2.24) is 0 Å². The van der Waals surface area contributed by atoms with Crippen LogP contribution in [0.3, 0.4) is 0 Å². The van der Waals surface area contributed by atoms with Gasteiger partial charge in [0.2, 0.25) is 0 Å². The molecule has 1 saturated heterocycles. The van der Waals surface area contributed by atoms with E-state index >= 15 is 0 Å². The van der Waals surface area contributed by atoms with Crippen molar-refractivity contribution in [2.75, 3.05) is 12.9 Å². The van der Waals surface area contributed by atoms with E-state index in [9.17, 15) is 13.5 Å². The van der Waals surface area contributed by atoms with Crippen LogP contribution < -0.4 is 0 Å².